The summed E-state index contributed by atoms with van der Waals surface area (Å²) in [7, 11) is 0. The van der Waals surface area contributed by atoms with E-state index >= 15 is 0 Å². The first-order chi connectivity index (χ1) is 13.1. The lowest BCUT2D eigenvalue weighted by atomic mass is 9.41. The lowest BCUT2D eigenvalue weighted by Crippen LogP contribution is -2.65. The second kappa shape index (κ2) is 6.80. The molecule has 28 heavy (non-hydrogen) atoms. The molecule has 0 bridgehead atoms. The highest BCUT2D eigenvalue weighted by molar-refractivity contribution is 5.87. The van der Waals surface area contributed by atoms with Crippen molar-refractivity contribution in [1.29, 1.82) is 0 Å². The third kappa shape index (κ3) is 2.79. The number of aliphatic hydroxyl groups is 1. The molecule has 0 amide bonds. The molecule has 4 aliphatic carbocycles. The van der Waals surface area contributed by atoms with Crippen molar-refractivity contribution in [2.24, 2.45) is 45.4 Å². The van der Waals surface area contributed by atoms with Gasteiger partial charge < -0.3 is 15.7 Å². The van der Waals surface area contributed by atoms with Crippen LogP contribution in [0.3, 0.4) is 0 Å². The fourth-order valence-electron chi connectivity index (χ4n) is 7.57. The lowest BCUT2D eigenvalue weighted by molar-refractivity contribution is -0.214. The van der Waals surface area contributed by atoms with E-state index in [4.69, 9.17) is 10.6 Å². The predicted molar refractivity (Wildman–Crippen MR) is 110 cm³/mol. The molecule has 4 aliphatic rings. The molecule has 0 aromatic carbocycles. The van der Waals surface area contributed by atoms with E-state index in [1.165, 1.54) is 0 Å². The average molecular weight is 391 g/mol. The molecule has 5 heteroatoms. The maximum atomic E-state index is 12.6. The Morgan fingerprint density at radius 2 is 2.00 bits per heavy atom. The van der Waals surface area contributed by atoms with Gasteiger partial charge in [0.25, 0.3) is 0 Å². The number of nitrogens with two attached hydrogens (primary N) is 1. The molecule has 0 aliphatic heterocycles. The molecular weight excluding hydrogens is 352 g/mol. The molecule has 158 valence electrons. The van der Waals surface area contributed by atoms with E-state index in [0.717, 1.165) is 50.7 Å². The van der Waals surface area contributed by atoms with E-state index in [2.05, 4.69) is 25.9 Å². The summed E-state index contributed by atoms with van der Waals surface area (Å²) in [5.74, 6) is 2.27. The predicted octanol–water partition coefficient (Wildman–Crippen LogP) is 3.68. The first-order valence-electron chi connectivity index (χ1n) is 11.3. The second-order valence-corrected chi connectivity index (χ2v) is 10.9. The third-order valence-corrected chi connectivity index (χ3v) is 9.33. The fraction of sp³-hybridized carbons (Fsp3) is 0.913. The Morgan fingerprint density at radius 1 is 1.25 bits per heavy atom. The molecule has 0 aromatic heterocycles. The van der Waals surface area contributed by atoms with Gasteiger partial charge in [-0.05, 0) is 69.1 Å². The van der Waals surface area contributed by atoms with Crippen LogP contribution in [-0.2, 0) is 9.63 Å². The van der Waals surface area contributed by atoms with Gasteiger partial charge in [0, 0.05) is 29.7 Å². The van der Waals surface area contributed by atoms with Crippen LogP contribution in [0.4, 0.5) is 0 Å². The van der Waals surface area contributed by atoms with Gasteiger partial charge in [-0.3, -0.25) is 4.79 Å². The highest BCUT2D eigenvalue weighted by Crippen LogP contribution is 2.67. The Labute approximate surface area is 169 Å². The van der Waals surface area contributed by atoms with E-state index < -0.39 is 5.60 Å². The van der Waals surface area contributed by atoms with Gasteiger partial charge in [-0.2, -0.15) is 0 Å². The zero-order valence-corrected chi connectivity index (χ0v) is 18.0. The second-order valence-electron chi connectivity index (χ2n) is 10.9. The monoisotopic (exact) mass is 390 g/mol. The summed E-state index contributed by atoms with van der Waals surface area (Å²) in [5.41, 5.74) is 5.77. The van der Waals surface area contributed by atoms with Crippen molar-refractivity contribution in [1.82, 2.24) is 0 Å². The number of ketones is 1. The van der Waals surface area contributed by atoms with Crippen LogP contribution in [0.1, 0.15) is 79.1 Å². The minimum absolute atomic E-state index is 0.0404. The number of carbonyl (C=O) groups excluding carboxylic acids is 1. The summed E-state index contributed by atoms with van der Waals surface area (Å²) in [5, 5.41) is 16.3. The lowest BCUT2D eigenvalue weighted by Gasteiger charge is -2.65. The summed E-state index contributed by atoms with van der Waals surface area (Å²) in [6, 6.07) is -0.0404. The van der Waals surface area contributed by atoms with Crippen LogP contribution >= 0.6 is 0 Å². The van der Waals surface area contributed by atoms with Gasteiger partial charge in [0.1, 0.15) is 12.4 Å². The Morgan fingerprint density at radius 3 is 2.71 bits per heavy atom. The third-order valence-electron chi connectivity index (χ3n) is 9.33. The molecule has 5 nitrogen and oxygen atoms in total. The Bertz CT molecular complexity index is 677. The van der Waals surface area contributed by atoms with Crippen molar-refractivity contribution < 1.29 is 14.7 Å². The van der Waals surface area contributed by atoms with E-state index in [9.17, 15) is 9.90 Å². The highest BCUT2D eigenvalue weighted by Gasteiger charge is 2.66. The van der Waals surface area contributed by atoms with Gasteiger partial charge >= 0.3 is 0 Å². The number of hydrogen-bond acceptors (Lipinski definition) is 5. The topological polar surface area (TPSA) is 84.9 Å². The number of Topliss-reactive ketones (excluding diaryl/α,β-unsaturated/α-hetero) is 1. The molecule has 0 saturated heterocycles. The number of hydrogen-bond donors (Lipinski definition) is 2. The standard InChI is InChI=1S/C23H38N2O3/c1-14-11-17-18-5-6-20(26)21(18,3)9-8-19(17)22(4)10-7-16(12-23(14,22)27)25-28-13-15(2)24/h14-15,17-19,27H,5-13,24H2,1-4H3/t14-,15?,17-,18-,19-,21+,22+,23-/m0/s1. The number of rotatable bonds is 3. The molecule has 8 atom stereocenters. The van der Waals surface area contributed by atoms with Gasteiger partial charge in [0.05, 0.1) is 11.3 Å². The van der Waals surface area contributed by atoms with Crippen LogP contribution in [0.5, 0.6) is 0 Å². The van der Waals surface area contributed by atoms with Crippen molar-refractivity contribution in [2.75, 3.05) is 6.61 Å². The molecular formula is C23H38N2O3. The van der Waals surface area contributed by atoms with E-state index in [-0.39, 0.29) is 22.8 Å². The maximum Gasteiger partial charge on any atom is 0.139 e. The molecule has 4 fully saturated rings. The zero-order valence-electron chi connectivity index (χ0n) is 18.0. The van der Waals surface area contributed by atoms with Crippen LogP contribution < -0.4 is 5.73 Å². The van der Waals surface area contributed by atoms with Crippen molar-refractivity contribution in [2.45, 2.75) is 90.7 Å². The van der Waals surface area contributed by atoms with Crippen molar-refractivity contribution in [3.05, 3.63) is 0 Å². The molecule has 0 spiro atoms. The summed E-state index contributed by atoms with van der Waals surface area (Å²) in [4.78, 5) is 18.0. The number of fused-ring (bicyclic) bond motifs is 5. The molecule has 0 radical (unpaired) electrons. The average Bonchev–Trinajstić information content (AvgIpc) is 2.93. The molecule has 4 saturated carbocycles. The minimum Gasteiger partial charge on any atom is -0.394 e. The van der Waals surface area contributed by atoms with Crippen LogP contribution in [0.25, 0.3) is 0 Å². The smallest absolute Gasteiger partial charge is 0.139 e. The Hall–Kier alpha value is -0.940. The van der Waals surface area contributed by atoms with E-state index in [0.29, 0.717) is 36.6 Å². The number of nitrogens with zero attached hydrogens (tertiary/aromatic N) is 1. The first-order valence-corrected chi connectivity index (χ1v) is 11.3. The largest absolute Gasteiger partial charge is 0.394 e. The zero-order chi connectivity index (χ0) is 20.3. The molecule has 3 N–H and O–H groups in total. The minimum atomic E-state index is -0.737. The fourth-order valence-corrected chi connectivity index (χ4v) is 7.57. The summed E-state index contributed by atoms with van der Waals surface area (Å²) < 4.78 is 0. The van der Waals surface area contributed by atoms with Gasteiger partial charge in [0.2, 0.25) is 0 Å². The highest BCUT2D eigenvalue weighted by atomic mass is 16.6. The molecule has 4 rings (SSSR count). The quantitative estimate of drug-likeness (QED) is 0.720. The van der Waals surface area contributed by atoms with Gasteiger partial charge in [-0.25, -0.2) is 0 Å². The maximum absolute atomic E-state index is 12.6. The van der Waals surface area contributed by atoms with E-state index in [1.54, 1.807) is 0 Å². The van der Waals surface area contributed by atoms with Crippen LogP contribution in [0.15, 0.2) is 5.16 Å². The molecule has 1 unspecified atom stereocenters. The number of carbonyl (C=O) groups is 1. The summed E-state index contributed by atoms with van der Waals surface area (Å²) in [6.45, 7) is 9.06. The Kier molecular flexibility index (Phi) is 4.94. The molecule has 0 heterocycles. The van der Waals surface area contributed by atoms with Crippen LogP contribution in [0.2, 0.25) is 0 Å². The van der Waals surface area contributed by atoms with Crippen LogP contribution in [-0.4, -0.2) is 34.9 Å². The summed E-state index contributed by atoms with van der Waals surface area (Å²) >= 11 is 0. The summed E-state index contributed by atoms with van der Waals surface area (Å²) in [6.07, 6.45) is 7.34. The first kappa shape index (κ1) is 20.3. The normalized spacial score (nSPS) is 50.6. The van der Waals surface area contributed by atoms with Gasteiger partial charge in [0.15, 0.2) is 0 Å². The van der Waals surface area contributed by atoms with Crippen LogP contribution in [0, 0.1) is 34.5 Å². The van der Waals surface area contributed by atoms with Crippen molar-refractivity contribution in [3.8, 4) is 0 Å². The van der Waals surface area contributed by atoms with Crippen molar-refractivity contribution >= 4 is 11.5 Å². The number of oxime groups is 1. The van der Waals surface area contributed by atoms with Crippen molar-refractivity contribution in [3.63, 3.8) is 0 Å². The van der Waals surface area contributed by atoms with Gasteiger partial charge in [-0.1, -0.05) is 25.9 Å². The Balaban J connectivity index is 1.59. The molecule has 0 aromatic rings. The van der Waals surface area contributed by atoms with Gasteiger partial charge in [-0.15, -0.1) is 0 Å². The SMILES string of the molecule is CC(N)CON=C1CC[C@]2(C)[C@H]3CC[C@@]4(C)C(=O)CC[C@H]4[C@@H]3C[C@H](C)[C@@]2(O)C1. The van der Waals surface area contributed by atoms with E-state index in [1.807, 2.05) is 6.92 Å².